The second-order valence-corrected chi connectivity index (χ2v) is 3.41. The minimum absolute atomic E-state index is 0.260. The second kappa shape index (κ2) is 6.11. The molecule has 3 heteroatoms. The van der Waals surface area contributed by atoms with E-state index in [4.69, 9.17) is 9.47 Å². The van der Waals surface area contributed by atoms with E-state index in [1.165, 1.54) is 0 Å². The predicted octanol–water partition coefficient (Wildman–Crippen LogP) is 1.41. The lowest BCUT2D eigenvalue weighted by molar-refractivity contribution is -0.125. The average Bonchev–Trinajstić information content (AvgIpc) is 2.93. The lowest BCUT2D eigenvalue weighted by Gasteiger charge is -2.03. The first-order valence-electron chi connectivity index (χ1n) is 5.02. The highest BCUT2D eigenvalue weighted by Crippen LogP contribution is 2.29. The number of carbonyl (C=O) groups excluding carboxylic acids is 1. The van der Waals surface area contributed by atoms with E-state index in [0.717, 1.165) is 25.9 Å². The van der Waals surface area contributed by atoms with Crippen LogP contribution in [0.25, 0.3) is 0 Å². The topological polar surface area (TPSA) is 35.5 Å². The van der Waals surface area contributed by atoms with Gasteiger partial charge in [-0.25, -0.2) is 0 Å². The van der Waals surface area contributed by atoms with Crippen molar-refractivity contribution in [3.63, 3.8) is 0 Å². The van der Waals surface area contributed by atoms with Crippen LogP contribution in [-0.2, 0) is 14.3 Å². The third kappa shape index (κ3) is 5.01. The fourth-order valence-electron chi connectivity index (χ4n) is 1.06. The summed E-state index contributed by atoms with van der Waals surface area (Å²) >= 11 is 0. The van der Waals surface area contributed by atoms with E-state index >= 15 is 0 Å². The van der Waals surface area contributed by atoms with Crippen molar-refractivity contribution in [1.29, 1.82) is 0 Å². The highest BCUT2D eigenvalue weighted by Gasteiger charge is 2.28. The van der Waals surface area contributed by atoms with E-state index in [9.17, 15) is 4.79 Å². The molecular weight excluding hydrogens is 168 g/mol. The number of ether oxygens (including phenoxy) is 2. The van der Waals surface area contributed by atoms with Gasteiger partial charge in [-0.05, 0) is 19.3 Å². The minimum Gasteiger partial charge on any atom is -0.379 e. The van der Waals surface area contributed by atoms with Gasteiger partial charge in [0.2, 0.25) is 0 Å². The largest absolute Gasteiger partial charge is 0.379 e. The van der Waals surface area contributed by atoms with Gasteiger partial charge in [0.15, 0.2) is 5.78 Å². The van der Waals surface area contributed by atoms with E-state index in [2.05, 4.69) is 6.92 Å². The molecule has 0 saturated heterocycles. The van der Waals surface area contributed by atoms with E-state index in [1.54, 1.807) is 0 Å². The van der Waals surface area contributed by atoms with Gasteiger partial charge in [-0.15, -0.1) is 0 Å². The van der Waals surface area contributed by atoms with Gasteiger partial charge in [0.05, 0.1) is 13.2 Å². The first-order valence-corrected chi connectivity index (χ1v) is 5.02. The molecule has 1 saturated carbocycles. The number of carbonyl (C=O) groups is 1. The molecular formula is C10H18O3. The van der Waals surface area contributed by atoms with Crippen LogP contribution in [0.3, 0.4) is 0 Å². The van der Waals surface area contributed by atoms with Gasteiger partial charge < -0.3 is 9.47 Å². The van der Waals surface area contributed by atoms with Crippen molar-refractivity contribution in [3.05, 3.63) is 0 Å². The zero-order chi connectivity index (χ0) is 9.52. The summed E-state index contributed by atoms with van der Waals surface area (Å²) in [5.41, 5.74) is 0. The Morgan fingerprint density at radius 2 is 1.92 bits per heavy atom. The summed E-state index contributed by atoms with van der Waals surface area (Å²) in [7, 11) is 0. The van der Waals surface area contributed by atoms with Crippen molar-refractivity contribution in [2.45, 2.75) is 26.2 Å². The maximum atomic E-state index is 11.1. The molecule has 3 nitrogen and oxygen atoms in total. The molecule has 1 aliphatic carbocycles. The van der Waals surface area contributed by atoms with E-state index < -0.39 is 0 Å². The van der Waals surface area contributed by atoms with Gasteiger partial charge in [0.25, 0.3) is 0 Å². The third-order valence-corrected chi connectivity index (χ3v) is 2.00. The lowest BCUT2D eigenvalue weighted by atomic mass is 10.3. The molecule has 1 fully saturated rings. The van der Waals surface area contributed by atoms with Crippen molar-refractivity contribution in [2.75, 3.05) is 26.4 Å². The normalized spacial score (nSPS) is 16.1. The Bertz CT molecular complexity index is 152. The lowest BCUT2D eigenvalue weighted by Crippen LogP contribution is -2.13. The van der Waals surface area contributed by atoms with Gasteiger partial charge in [0, 0.05) is 12.5 Å². The fourth-order valence-corrected chi connectivity index (χ4v) is 1.06. The zero-order valence-corrected chi connectivity index (χ0v) is 8.25. The van der Waals surface area contributed by atoms with Crippen LogP contribution in [-0.4, -0.2) is 32.2 Å². The van der Waals surface area contributed by atoms with Crippen molar-refractivity contribution < 1.29 is 14.3 Å². The Kier molecular flexibility index (Phi) is 5.01. The molecule has 0 aliphatic heterocycles. The molecule has 0 aromatic rings. The summed E-state index contributed by atoms with van der Waals surface area (Å²) in [6.07, 6.45) is 3.16. The van der Waals surface area contributed by atoms with E-state index in [0.29, 0.717) is 19.1 Å². The minimum atomic E-state index is 0.260. The van der Waals surface area contributed by atoms with Crippen LogP contribution in [0.2, 0.25) is 0 Å². The molecule has 1 rings (SSSR count). The molecule has 13 heavy (non-hydrogen) atoms. The van der Waals surface area contributed by atoms with E-state index in [-0.39, 0.29) is 12.4 Å². The molecule has 0 bridgehead atoms. The third-order valence-electron chi connectivity index (χ3n) is 2.00. The van der Waals surface area contributed by atoms with Gasteiger partial charge in [-0.3, -0.25) is 4.79 Å². The van der Waals surface area contributed by atoms with Crippen molar-refractivity contribution in [2.24, 2.45) is 5.92 Å². The van der Waals surface area contributed by atoms with Crippen LogP contribution in [0, 0.1) is 5.92 Å². The molecule has 0 unspecified atom stereocenters. The molecule has 0 N–H and O–H groups in total. The molecule has 0 spiro atoms. The predicted molar refractivity (Wildman–Crippen MR) is 49.7 cm³/mol. The maximum Gasteiger partial charge on any atom is 0.161 e. The van der Waals surface area contributed by atoms with Crippen LogP contribution in [0.15, 0.2) is 0 Å². The average molecular weight is 186 g/mol. The number of ketones is 1. The summed E-state index contributed by atoms with van der Waals surface area (Å²) in [6.45, 7) is 4.27. The number of hydrogen-bond donors (Lipinski definition) is 0. The first kappa shape index (κ1) is 10.7. The van der Waals surface area contributed by atoms with Gasteiger partial charge in [-0.1, -0.05) is 6.92 Å². The Balaban J connectivity index is 1.80. The number of Topliss-reactive ketones (excluding diaryl/α,β-unsaturated/α-hetero) is 1. The van der Waals surface area contributed by atoms with Crippen molar-refractivity contribution >= 4 is 5.78 Å². The number of hydrogen-bond acceptors (Lipinski definition) is 3. The fraction of sp³-hybridized carbons (Fsp3) is 0.900. The summed E-state index contributed by atoms with van der Waals surface area (Å²) in [5.74, 6) is 0.576. The SMILES string of the molecule is CCCOCCOCC(=O)C1CC1. The van der Waals surface area contributed by atoms with Gasteiger partial charge in [0.1, 0.15) is 6.61 Å². The molecule has 0 radical (unpaired) electrons. The Hall–Kier alpha value is -0.410. The Morgan fingerprint density at radius 3 is 2.54 bits per heavy atom. The molecule has 0 heterocycles. The summed E-state index contributed by atoms with van der Waals surface area (Å²) in [6, 6.07) is 0. The molecule has 76 valence electrons. The summed E-state index contributed by atoms with van der Waals surface area (Å²) in [4.78, 5) is 11.1. The van der Waals surface area contributed by atoms with Crippen LogP contribution >= 0.6 is 0 Å². The standard InChI is InChI=1S/C10H18O3/c1-2-5-12-6-7-13-8-10(11)9-3-4-9/h9H,2-8H2,1H3. The van der Waals surface area contributed by atoms with Gasteiger partial charge in [-0.2, -0.15) is 0 Å². The molecule has 0 atom stereocenters. The molecule has 0 aromatic carbocycles. The highest BCUT2D eigenvalue weighted by atomic mass is 16.5. The summed E-state index contributed by atoms with van der Waals surface area (Å²) < 4.78 is 10.4. The van der Waals surface area contributed by atoms with Crippen LogP contribution in [0.1, 0.15) is 26.2 Å². The zero-order valence-electron chi connectivity index (χ0n) is 8.25. The van der Waals surface area contributed by atoms with Crippen molar-refractivity contribution in [3.8, 4) is 0 Å². The quantitative estimate of drug-likeness (QED) is 0.538. The first-order chi connectivity index (χ1) is 6.34. The molecule has 1 aliphatic rings. The molecule has 0 amide bonds. The Morgan fingerprint density at radius 1 is 1.23 bits per heavy atom. The van der Waals surface area contributed by atoms with E-state index in [1.807, 2.05) is 0 Å². The van der Waals surface area contributed by atoms with Crippen molar-refractivity contribution in [1.82, 2.24) is 0 Å². The smallest absolute Gasteiger partial charge is 0.161 e. The summed E-state index contributed by atoms with van der Waals surface area (Å²) in [5, 5.41) is 0. The van der Waals surface area contributed by atoms with Crippen LogP contribution in [0.4, 0.5) is 0 Å². The molecule has 0 aromatic heterocycles. The second-order valence-electron chi connectivity index (χ2n) is 3.41. The van der Waals surface area contributed by atoms with Gasteiger partial charge >= 0.3 is 0 Å². The highest BCUT2D eigenvalue weighted by molar-refractivity contribution is 5.84. The van der Waals surface area contributed by atoms with Crippen LogP contribution < -0.4 is 0 Å². The van der Waals surface area contributed by atoms with Crippen LogP contribution in [0.5, 0.6) is 0 Å². The number of rotatable bonds is 8. The monoisotopic (exact) mass is 186 g/mol. The maximum absolute atomic E-state index is 11.1. The Labute approximate surface area is 79.4 Å².